The molecular weight excluding hydrogens is 523 g/mol. The minimum atomic E-state index is -1.30. The normalized spacial score (nSPS) is 18.2. The molecule has 2 aromatic carbocycles. The summed E-state index contributed by atoms with van der Waals surface area (Å²) in [5.74, 6) is 0.442. The number of ether oxygens (including phenoxy) is 2. The molecule has 2 unspecified atom stereocenters. The molecule has 2 amide bonds. The second kappa shape index (κ2) is 14.9. The monoisotopic (exact) mass is 569 g/mol. The highest BCUT2D eigenvalue weighted by Crippen LogP contribution is 2.44. The van der Waals surface area contributed by atoms with Crippen molar-refractivity contribution in [3.05, 3.63) is 58.1 Å². The first-order valence-electron chi connectivity index (χ1n) is 14.6. The molecule has 2 aromatic rings. The van der Waals surface area contributed by atoms with Crippen molar-refractivity contribution in [3.8, 4) is 24.3 Å². The first-order chi connectivity index (χ1) is 19.8. The number of carbonyl (C=O) groups excluding carboxylic acids is 2. The summed E-state index contributed by atoms with van der Waals surface area (Å²) in [6, 6.07) is 8.40. The third-order valence-electron chi connectivity index (χ3n) is 7.82. The van der Waals surface area contributed by atoms with Gasteiger partial charge in [-0.1, -0.05) is 51.1 Å². The Morgan fingerprint density at radius 3 is 2.37 bits per heavy atom. The number of terminal acetylenes is 1. The molecule has 0 radical (unpaired) electrons. The van der Waals surface area contributed by atoms with E-state index in [1.807, 2.05) is 65.0 Å². The second-order valence-electron chi connectivity index (χ2n) is 11.1. The van der Waals surface area contributed by atoms with Gasteiger partial charge in [0.15, 0.2) is 5.60 Å². The average molecular weight is 570 g/mol. The Labute approximate surface area is 245 Å². The maximum absolute atomic E-state index is 13.6. The minimum absolute atomic E-state index is 0.232. The van der Waals surface area contributed by atoms with E-state index in [-0.39, 0.29) is 11.8 Å². The lowest BCUT2D eigenvalue weighted by Gasteiger charge is -2.38. The van der Waals surface area contributed by atoms with Gasteiger partial charge in [0.25, 0.3) is 5.91 Å². The summed E-state index contributed by atoms with van der Waals surface area (Å²) >= 11 is 0. The molecule has 1 aliphatic rings. The molecule has 4 atom stereocenters. The van der Waals surface area contributed by atoms with Crippen molar-refractivity contribution in [3.63, 3.8) is 0 Å². The number of hydrogen-bond donors (Lipinski definition) is 3. The maximum Gasteiger partial charge on any atom is 0.264 e. The van der Waals surface area contributed by atoms with E-state index in [1.54, 1.807) is 13.8 Å². The Bertz CT molecular complexity index is 1260. The number of benzene rings is 2. The number of aliphatic hydroxyl groups is 1. The molecule has 7 nitrogen and oxygen atoms in total. The van der Waals surface area contributed by atoms with Gasteiger partial charge in [0, 0.05) is 12.0 Å². The van der Waals surface area contributed by atoms with Crippen LogP contribution in [0.2, 0.25) is 0 Å². The van der Waals surface area contributed by atoms with Gasteiger partial charge in [0.2, 0.25) is 5.91 Å². The fourth-order valence-electron chi connectivity index (χ4n) is 5.02. The lowest BCUT2D eigenvalue weighted by atomic mass is 9.86. The van der Waals surface area contributed by atoms with Crippen LogP contribution in [0.25, 0.3) is 0 Å². The average Bonchev–Trinajstić information content (AvgIpc) is 2.97. The fourth-order valence-corrected chi connectivity index (χ4v) is 5.02. The van der Waals surface area contributed by atoms with Gasteiger partial charge in [-0.3, -0.25) is 9.59 Å². The van der Waals surface area contributed by atoms with Crippen LogP contribution in [-0.2, 0) is 22.6 Å². The van der Waals surface area contributed by atoms with Crippen molar-refractivity contribution in [2.75, 3.05) is 6.67 Å². The summed E-state index contributed by atoms with van der Waals surface area (Å²) in [7, 11) is 0. The lowest BCUT2D eigenvalue weighted by Crippen LogP contribution is -2.59. The van der Waals surface area contributed by atoms with E-state index < -0.39 is 36.4 Å². The third kappa shape index (κ3) is 7.80. The largest absolute Gasteiger partial charge is 0.488 e. The number of amides is 2. The van der Waals surface area contributed by atoms with E-state index in [4.69, 9.17) is 10.8 Å². The molecule has 0 spiro atoms. The highest BCUT2D eigenvalue weighted by Gasteiger charge is 2.43. The molecule has 0 aliphatic carbocycles. The molecule has 3 rings (SSSR count). The van der Waals surface area contributed by atoms with Gasteiger partial charge in [-0.15, -0.1) is 12.8 Å². The Morgan fingerprint density at radius 2 is 1.80 bits per heavy atom. The molecule has 0 aromatic heterocycles. The molecule has 224 valence electrons. The van der Waals surface area contributed by atoms with E-state index in [0.717, 1.165) is 33.6 Å². The Kier molecular flexibility index (Phi) is 11.6. The van der Waals surface area contributed by atoms with Gasteiger partial charge in [-0.25, -0.2) is 4.39 Å². The van der Waals surface area contributed by atoms with Crippen LogP contribution in [0, 0.1) is 39.5 Å². The number of carbonyl (C=O) groups is 2. The van der Waals surface area contributed by atoms with E-state index in [0.29, 0.717) is 31.6 Å². The summed E-state index contributed by atoms with van der Waals surface area (Å²) in [6.45, 7) is 12.6. The molecule has 8 heteroatoms. The molecule has 0 saturated heterocycles. The Balaban J connectivity index is 0.00000197. The first-order valence-corrected chi connectivity index (χ1v) is 14.1. The fraction of sp³-hybridized carbons (Fsp3) is 0.515. The molecule has 3 N–H and O–H groups in total. The smallest absolute Gasteiger partial charge is 0.264 e. The van der Waals surface area contributed by atoms with Gasteiger partial charge in [0.1, 0.15) is 38.3 Å². The quantitative estimate of drug-likeness (QED) is 0.335. The van der Waals surface area contributed by atoms with Crippen LogP contribution in [0.5, 0.6) is 11.5 Å². The number of fused-ring (bicyclic) bond motifs is 1. The molecule has 0 bridgehead atoms. The summed E-state index contributed by atoms with van der Waals surface area (Å²) in [6.07, 6.45) is 5.88. The molecular formula is C33H45FN2O5. The highest BCUT2D eigenvalue weighted by molar-refractivity contribution is 5.92. The second-order valence-corrected chi connectivity index (χ2v) is 11.1. The van der Waals surface area contributed by atoms with Crippen LogP contribution < -0.4 is 20.1 Å². The summed E-state index contributed by atoms with van der Waals surface area (Å²) in [5.41, 5.74) is 3.81. The number of alkyl halides is 1. The van der Waals surface area contributed by atoms with E-state index in [9.17, 15) is 19.1 Å². The zero-order chi connectivity index (χ0) is 31.6. The van der Waals surface area contributed by atoms with Crippen molar-refractivity contribution in [1.82, 2.24) is 10.6 Å². The van der Waals surface area contributed by atoms with Gasteiger partial charge < -0.3 is 25.2 Å². The standard InChI is InChI=1S/C31H43FN2O5.C2H2/c1-8-24(25(35)16-32)33-29(36)26(18(2)3)34-30(37)31(7)15-14-23-21(6)27(19(4)20(5)28(23)39-31)38-17-22-12-10-9-11-13-22;1-2/h9-13,18,24-26,35H,8,14-17H2,1-7H3,(H,33,36)(H,34,37);1-2H/t24?,25?,26-,31-;/m0./s1/i;1D. The zero-order valence-electron chi connectivity index (χ0n) is 26.3. The summed E-state index contributed by atoms with van der Waals surface area (Å²) in [5, 5.41) is 15.4. The van der Waals surface area contributed by atoms with Crippen LogP contribution in [0.15, 0.2) is 30.3 Å². The van der Waals surface area contributed by atoms with Crippen LogP contribution in [0.4, 0.5) is 4.39 Å². The van der Waals surface area contributed by atoms with Crippen LogP contribution >= 0.6 is 0 Å². The van der Waals surface area contributed by atoms with Crippen LogP contribution in [-0.4, -0.2) is 47.4 Å². The Hall–Kier alpha value is -3.57. The lowest BCUT2D eigenvalue weighted by molar-refractivity contribution is -0.141. The predicted molar refractivity (Wildman–Crippen MR) is 160 cm³/mol. The van der Waals surface area contributed by atoms with E-state index in [2.05, 4.69) is 17.1 Å². The predicted octanol–water partition coefficient (Wildman–Crippen LogP) is 4.89. The Morgan fingerprint density at radius 1 is 1.17 bits per heavy atom. The van der Waals surface area contributed by atoms with Crippen molar-refractivity contribution in [2.24, 2.45) is 5.92 Å². The van der Waals surface area contributed by atoms with Crippen molar-refractivity contribution >= 4 is 11.8 Å². The van der Waals surface area contributed by atoms with Crippen LogP contribution in [0.1, 0.15) is 69.7 Å². The number of rotatable bonds is 11. The number of hydrogen-bond acceptors (Lipinski definition) is 5. The van der Waals surface area contributed by atoms with E-state index >= 15 is 0 Å². The maximum atomic E-state index is 13.6. The van der Waals surface area contributed by atoms with E-state index in [1.165, 1.54) is 6.40 Å². The van der Waals surface area contributed by atoms with Gasteiger partial charge in [0.05, 0.1) is 6.04 Å². The molecule has 1 heterocycles. The molecule has 0 saturated carbocycles. The SMILES string of the molecule is CCC(NC(=O)[C@@H](NC(=O)[C@]1(C)CCc2c(C)c(OCc3ccccc3)c(C)c(C)c2O1)C(C)C)C(O)CF.[2H]C#C. The van der Waals surface area contributed by atoms with Crippen LogP contribution in [0.3, 0.4) is 0 Å². The van der Waals surface area contributed by atoms with Crippen molar-refractivity contribution in [1.29, 1.82) is 0 Å². The number of halogens is 1. The zero-order valence-corrected chi connectivity index (χ0v) is 25.3. The molecule has 41 heavy (non-hydrogen) atoms. The first kappa shape index (κ1) is 32.0. The number of aliphatic hydroxyl groups excluding tert-OH is 1. The third-order valence-corrected chi connectivity index (χ3v) is 7.82. The van der Waals surface area contributed by atoms with Gasteiger partial charge in [-0.05, 0) is 68.7 Å². The van der Waals surface area contributed by atoms with Crippen molar-refractivity contribution in [2.45, 2.75) is 98.1 Å². The topological polar surface area (TPSA) is 96.9 Å². The molecule has 1 aliphatic heterocycles. The minimum Gasteiger partial charge on any atom is -0.488 e. The van der Waals surface area contributed by atoms with Gasteiger partial charge in [-0.2, -0.15) is 0 Å². The summed E-state index contributed by atoms with van der Waals surface area (Å²) < 4.78 is 31.4. The number of nitrogens with one attached hydrogen (secondary N) is 2. The van der Waals surface area contributed by atoms with Gasteiger partial charge >= 0.3 is 0 Å². The highest BCUT2D eigenvalue weighted by atomic mass is 19.1. The molecule has 0 fully saturated rings. The van der Waals surface area contributed by atoms with Crippen molar-refractivity contribution < 1.29 is 29.9 Å². The summed E-state index contributed by atoms with van der Waals surface area (Å²) in [4.78, 5) is 26.6.